The zero-order valence-corrected chi connectivity index (χ0v) is 17.5. The molecule has 0 saturated carbocycles. The summed E-state index contributed by atoms with van der Waals surface area (Å²) in [6.45, 7) is 5.86. The van der Waals surface area contributed by atoms with Crippen molar-refractivity contribution in [1.29, 1.82) is 0 Å². The molecule has 0 amide bonds. The number of nitrogens with zero attached hydrogens (tertiary/aromatic N) is 3. The van der Waals surface area contributed by atoms with Crippen molar-refractivity contribution < 1.29 is 13.9 Å². The molecular weight excluding hydrogens is 409 g/mol. The van der Waals surface area contributed by atoms with E-state index in [-0.39, 0.29) is 10.9 Å². The van der Waals surface area contributed by atoms with Crippen LogP contribution in [0.5, 0.6) is 0 Å². The second-order valence-electron chi connectivity index (χ2n) is 6.00. The van der Waals surface area contributed by atoms with Gasteiger partial charge >= 0.3 is 5.97 Å². The Kier molecular flexibility index (Phi) is 5.88. The van der Waals surface area contributed by atoms with E-state index in [4.69, 9.17) is 16.3 Å². The standard InChI is InChI=1S/C18H17ClFN3O2S2/c1-9(2)26-17-15(12-8-11(19)5-6-13(12)20)21-18(27-17)23-14(16(24)25-4)7-10(3)22-23/h5-9H,1-4H3. The van der Waals surface area contributed by atoms with Crippen molar-refractivity contribution in [2.24, 2.45) is 0 Å². The fraction of sp³-hybridized carbons (Fsp3) is 0.278. The van der Waals surface area contributed by atoms with Gasteiger partial charge in [-0.05, 0) is 31.2 Å². The summed E-state index contributed by atoms with van der Waals surface area (Å²) >= 11 is 8.97. The minimum absolute atomic E-state index is 0.263. The first-order valence-electron chi connectivity index (χ1n) is 8.08. The van der Waals surface area contributed by atoms with Crippen LogP contribution in [-0.2, 0) is 4.74 Å². The first-order chi connectivity index (χ1) is 12.8. The van der Waals surface area contributed by atoms with E-state index in [0.717, 1.165) is 4.21 Å². The zero-order chi connectivity index (χ0) is 19.7. The highest BCUT2D eigenvalue weighted by atomic mass is 35.5. The molecule has 27 heavy (non-hydrogen) atoms. The predicted octanol–water partition coefficient (Wildman–Crippen LogP) is 5.38. The van der Waals surface area contributed by atoms with Crippen molar-refractivity contribution in [1.82, 2.24) is 14.8 Å². The zero-order valence-electron chi connectivity index (χ0n) is 15.1. The van der Waals surface area contributed by atoms with Gasteiger partial charge in [0.2, 0.25) is 5.13 Å². The third-order valence-electron chi connectivity index (χ3n) is 3.52. The number of hydrogen-bond donors (Lipinski definition) is 0. The number of hydrogen-bond acceptors (Lipinski definition) is 6. The van der Waals surface area contributed by atoms with E-state index in [1.165, 1.54) is 35.3 Å². The maximum Gasteiger partial charge on any atom is 0.356 e. The average molecular weight is 426 g/mol. The number of carbonyl (C=O) groups excluding carboxylic acids is 1. The lowest BCUT2D eigenvalue weighted by Crippen LogP contribution is -2.10. The maximum absolute atomic E-state index is 14.5. The van der Waals surface area contributed by atoms with E-state index in [0.29, 0.717) is 27.1 Å². The van der Waals surface area contributed by atoms with Crippen molar-refractivity contribution in [2.45, 2.75) is 30.2 Å². The highest BCUT2D eigenvalue weighted by Crippen LogP contribution is 2.41. The number of methoxy groups -OCH3 is 1. The van der Waals surface area contributed by atoms with E-state index >= 15 is 0 Å². The lowest BCUT2D eigenvalue weighted by atomic mass is 10.1. The van der Waals surface area contributed by atoms with Crippen LogP contribution in [0.25, 0.3) is 16.4 Å². The number of carbonyl (C=O) groups is 1. The molecule has 0 bridgehead atoms. The van der Waals surface area contributed by atoms with Gasteiger partial charge in [-0.1, -0.05) is 36.8 Å². The summed E-state index contributed by atoms with van der Waals surface area (Å²) in [4.78, 5) is 16.7. The molecular formula is C18H17ClFN3O2S2. The number of thioether (sulfide) groups is 1. The molecule has 2 aromatic heterocycles. The fourth-order valence-corrected chi connectivity index (χ4v) is 5.07. The van der Waals surface area contributed by atoms with E-state index in [1.54, 1.807) is 30.8 Å². The number of aromatic nitrogens is 3. The van der Waals surface area contributed by atoms with Crippen LogP contribution in [-0.4, -0.2) is 33.1 Å². The predicted molar refractivity (Wildman–Crippen MR) is 107 cm³/mol. The summed E-state index contributed by atoms with van der Waals surface area (Å²) in [5.41, 5.74) is 1.72. The van der Waals surface area contributed by atoms with Crippen LogP contribution < -0.4 is 0 Å². The van der Waals surface area contributed by atoms with Gasteiger partial charge in [0.15, 0.2) is 5.69 Å². The number of esters is 1. The molecule has 0 saturated heterocycles. The van der Waals surface area contributed by atoms with Crippen LogP contribution in [0.4, 0.5) is 4.39 Å². The Balaban J connectivity index is 2.19. The number of rotatable bonds is 5. The number of halogens is 2. The number of aryl methyl sites for hydroxylation is 1. The first-order valence-corrected chi connectivity index (χ1v) is 10.2. The monoisotopic (exact) mass is 425 g/mol. The second-order valence-corrected chi connectivity index (χ2v) is 9.26. The Hall–Kier alpha value is -1.90. The molecule has 0 N–H and O–H groups in total. The quantitative estimate of drug-likeness (QED) is 0.405. The van der Waals surface area contributed by atoms with Crippen LogP contribution in [0.15, 0.2) is 28.5 Å². The normalized spacial score (nSPS) is 11.2. The molecule has 0 unspecified atom stereocenters. The molecule has 0 atom stereocenters. The molecule has 0 radical (unpaired) electrons. The fourth-order valence-electron chi connectivity index (χ4n) is 2.42. The van der Waals surface area contributed by atoms with Crippen molar-refractivity contribution in [3.05, 3.63) is 46.5 Å². The second kappa shape index (κ2) is 8.00. The van der Waals surface area contributed by atoms with Gasteiger partial charge in [0.05, 0.1) is 17.0 Å². The summed E-state index contributed by atoms with van der Waals surface area (Å²) in [5.74, 6) is -0.925. The molecule has 0 aliphatic heterocycles. The third-order valence-corrected chi connectivity index (χ3v) is 6.00. The lowest BCUT2D eigenvalue weighted by Gasteiger charge is -2.06. The number of benzene rings is 1. The summed E-state index contributed by atoms with van der Waals surface area (Å²) in [6, 6.07) is 5.99. The molecule has 0 aliphatic rings. The SMILES string of the molecule is COC(=O)c1cc(C)nn1-c1nc(-c2cc(Cl)ccc2F)c(SC(C)C)s1. The average Bonchev–Trinajstić information content (AvgIpc) is 3.19. The van der Waals surface area contributed by atoms with E-state index in [2.05, 4.69) is 10.1 Å². The Morgan fingerprint density at radius 1 is 1.37 bits per heavy atom. The Morgan fingerprint density at radius 3 is 2.78 bits per heavy atom. The number of thiazole rings is 1. The van der Waals surface area contributed by atoms with Crippen LogP contribution in [0.2, 0.25) is 5.02 Å². The van der Waals surface area contributed by atoms with E-state index in [9.17, 15) is 9.18 Å². The van der Waals surface area contributed by atoms with Gasteiger partial charge in [-0.2, -0.15) is 9.78 Å². The van der Waals surface area contributed by atoms with Gasteiger partial charge in [0.25, 0.3) is 0 Å². The van der Waals surface area contributed by atoms with Gasteiger partial charge in [-0.15, -0.1) is 11.8 Å². The smallest absolute Gasteiger partial charge is 0.356 e. The van der Waals surface area contributed by atoms with E-state index in [1.807, 2.05) is 13.8 Å². The Morgan fingerprint density at radius 2 is 2.11 bits per heavy atom. The summed E-state index contributed by atoms with van der Waals surface area (Å²) in [6.07, 6.45) is 0. The maximum atomic E-state index is 14.5. The van der Waals surface area contributed by atoms with E-state index < -0.39 is 11.8 Å². The highest BCUT2D eigenvalue weighted by Gasteiger charge is 2.23. The van der Waals surface area contributed by atoms with Gasteiger partial charge in [-0.25, -0.2) is 14.2 Å². The van der Waals surface area contributed by atoms with Crippen LogP contribution in [0.3, 0.4) is 0 Å². The Bertz CT molecular complexity index is 1000. The summed E-state index contributed by atoms with van der Waals surface area (Å²) in [7, 11) is 1.31. The molecule has 0 fully saturated rings. The van der Waals surface area contributed by atoms with Gasteiger partial charge in [0, 0.05) is 15.8 Å². The molecule has 142 valence electrons. The topological polar surface area (TPSA) is 57.0 Å². The molecule has 1 aromatic carbocycles. The summed E-state index contributed by atoms with van der Waals surface area (Å²) in [5, 5.41) is 5.50. The number of ether oxygens (including phenoxy) is 1. The highest BCUT2D eigenvalue weighted by molar-refractivity contribution is 8.01. The van der Waals surface area contributed by atoms with Gasteiger partial charge in [0.1, 0.15) is 11.5 Å². The van der Waals surface area contributed by atoms with Gasteiger partial charge < -0.3 is 4.74 Å². The molecule has 3 rings (SSSR count). The third kappa shape index (κ3) is 4.17. The molecule has 0 spiro atoms. The molecule has 5 nitrogen and oxygen atoms in total. The molecule has 2 heterocycles. The first kappa shape index (κ1) is 19.9. The summed E-state index contributed by atoms with van der Waals surface area (Å²) < 4.78 is 21.5. The van der Waals surface area contributed by atoms with Crippen LogP contribution in [0, 0.1) is 12.7 Å². The molecule has 0 aliphatic carbocycles. The van der Waals surface area contributed by atoms with Crippen LogP contribution in [0.1, 0.15) is 30.0 Å². The minimum atomic E-state index is -0.514. The molecule has 9 heteroatoms. The lowest BCUT2D eigenvalue weighted by molar-refractivity contribution is 0.0590. The van der Waals surface area contributed by atoms with Crippen molar-refractivity contribution >= 4 is 40.7 Å². The van der Waals surface area contributed by atoms with Gasteiger partial charge in [-0.3, -0.25) is 0 Å². The Labute approximate surface area is 169 Å². The minimum Gasteiger partial charge on any atom is -0.464 e. The van der Waals surface area contributed by atoms with Crippen molar-refractivity contribution in [3.8, 4) is 16.4 Å². The van der Waals surface area contributed by atoms with Crippen molar-refractivity contribution in [3.63, 3.8) is 0 Å². The van der Waals surface area contributed by atoms with Crippen molar-refractivity contribution in [2.75, 3.05) is 7.11 Å². The largest absolute Gasteiger partial charge is 0.464 e. The van der Waals surface area contributed by atoms with Crippen LogP contribution >= 0.6 is 34.7 Å². The molecule has 3 aromatic rings.